The summed E-state index contributed by atoms with van der Waals surface area (Å²) in [6, 6.07) is 4.33. The van der Waals surface area contributed by atoms with Gasteiger partial charge in [-0.2, -0.15) is 0 Å². The standard InChI is InChI=1S/C16H20FN3O5S/c1-11(21)18(2)15-10-20(16(22)25-15)12-3-4-14(13(17)9-12)19-5-7-26(23,24)8-6-19/h3-4,9,15H,5-8,10H2,1-2H3. The van der Waals surface area contributed by atoms with E-state index in [9.17, 15) is 22.4 Å². The highest BCUT2D eigenvalue weighted by Gasteiger charge is 2.36. The Morgan fingerprint density at radius 1 is 1.31 bits per heavy atom. The number of nitrogens with zero attached hydrogens (tertiary/aromatic N) is 3. The summed E-state index contributed by atoms with van der Waals surface area (Å²) in [4.78, 5) is 27.7. The summed E-state index contributed by atoms with van der Waals surface area (Å²) < 4.78 is 42.7. The maximum Gasteiger partial charge on any atom is 0.416 e. The quantitative estimate of drug-likeness (QED) is 0.766. The summed E-state index contributed by atoms with van der Waals surface area (Å²) in [5.41, 5.74) is 0.619. The number of hydrogen-bond acceptors (Lipinski definition) is 6. The van der Waals surface area contributed by atoms with Crippen molar-refractivity contribution in [2.24, 2.45) is 0 Å². The molecule has 2 saturated heterocycles. The summed E-state index contributed by atoms with van der Waals surface area (Å²) in [5.74, 6) is -0.804. The van der Waals surface area contributed by atoms with Gasteiger partial charge in [0.1, 0.15) is 5.82 Å². The number of hydrogen-bond donors (Lipinski definition) is 0. The Morgan fingerprint density at radius 3 is 2.54 bits per heavy atom. The largest absolute Gasteiger partial charge is 0.423 e. The van der Waals surface area contributed by atoms with Crippen LogP contribution >= 0.6 is 0 Å². The lowest BCUT2D eigenvalue weighted by Gasteiger charge is -2.29. The smallest absolute Gasteiger partial charge is 0.416 e. The molecule has 1 atom stereocenters. The van der Waals surface area contributed by atoms with Crippen LogP contribution in [-0.4, -0.2) is 69.7 Å². The van der Waals surface area contributed by atoms with Crippen molar-refractivity contribution in [2.75, 3.05) is 48.0 Å². The molecular formula is C16H20FN3O5S. The van der Waals surface area contributed by atoms with Crippen LogP contribution in [0.5, 0.6) is 0 Å². The number of halogens is 1. The zero-order valence-corrected chi connectivity index (χ0v) is 15.3. The summed E-state index contributed by atoms with van der Waals surface area (Å²) in [6.07, 6.45) is -1.38. The molecule has 8 nitrogen and oxygen atoms in total. The van der Waals surface area contributed by atoms with Crippen LogP contribution in [-0.2, 0) is 19.4 Å². The van der Waals surface area contributed by atoms with Crippen molar-refractivity contribution in [2.45, 2.75) is 13.2 Å². The molecule has 0 spiro atoms. The minimum Gasteiger partial charge on any atom is -0.423 e. The summed E-state index contributed by atoms with van der Waals surface area (Å²) in [6.45, 7) is 1.94. The van der Waals surface area contributed by atoms with Gasteiger partial charge in [-0.3, -0.25) is 9.69 Å². The SMILES string of the molecule is CC(=O)N(C)C1CN(c2ccc(N3CCS(=O)(=O)CC3)c(F)c2)C(=O)O1. The summed E-state index contributed by atoms with van der Waals surface area (Å²) >= 11 is 0. The zero-order chi connectivity index (χ0) is 19.1. The van der Waals surface area contributed by atoms with Crippen molar-refractivity contribution in [1.82, 2.24) is 4.90 Å². The second kappa shape index (κ2) is 6.75. The normalized spacial score (nSPS) is 22.3. The number of anilines is 2. The summed E-state index contributed by atoms with van der Waals surface area (Å²) in [5, 5.41) is 0. The van der Waals surface area contributed by atoms with Crippen molar-refractivity contribution >= 4 is 33.2 Å². The van der Waals surface area contributed by atoms with E-state index in [0.29, 0.717) is 11.4 Å². The Labute approximate surface area is 151 Å². The van der Waals surface area contributed by atoms with E-state index < -0.39 is 28.0 Å². The van der Waals surface area contributed by atoms with E-state index in [1.54, 1.807) is 11.0 Å². The highest BCUT2D eigenvalue weighted by Crippen LogP contribution is 2.29. The molecule has 0 aromatic heterocycles. The Kier molecular flexibility index (Phi) is 4.78. The number of cyclic esters (lactones) is 1. The van der Waals surface area contributed by atoms with Crippen LogP contribution in [0.3, 0.4) is 0 Å². The van der Waals surface area contributed by atoms with Crippen LogP contribution in [0.15, 0.2) is 18.2 Å². The maximum absolute atomic E-state index is 14.6. The molecule has 142 valence electrons. The third-order valence-electron chi connectivity index (χ3n) is 4.65. The minimum atomic E-state index is -3.05. The zero-order valence-electron chi connectivity index (χ0n) is 14.5. The molecule has 0 N–H and O–H groups in total. The van der Waals surface area contributed by atoms with Gasteiger partial charge in [0.25, 0.3) is 0 Å². The van der Waals surface area contributed by atoms with Crippen LogP contribution in [0.1, 0.15) is 6.92 Å². The highest BCUT2D eigenvalue weighted by atomic mass is 32.2. The molecule has 1 aromatic carbocycles. The second-order valence-corrected chi connectivity index (χ2v) is 8.66. The number of amides is 2. The van der Waals surface area contributed by atoms with Crippen molar-refractivity contribution in [3.8, 4) is 0 Å². The third kappa shape index (κ3) is 3.59. The number of likely N-dealkylation sites (N-methyl/N-ethyl adjacent to an activating group) is 1. The Bertz CT molecular complexity index is 830. The molecule has 0 radical (unpaired) electrons. The molecule has 2 aliphatic heterocycles. The fourth-order valence-corrected chi connectivity index (χ4v) is 4.14. The Hall–Kier alpha value is -2.36. The van der Waals surface area contributed by atoms with Gasteiger partial charge in [0.05, 0.1) is 29.4 Å². The van der Waals surface area contributed by atoms with E-state index in [4.69, 9.17) is 4.74 Å². The molecule has 1 aromatic rings. The number of sulfone groups is 1. The summed E-state index contributed by atoms with van der Waals surface area (Å²) in [7, 11) is -1.53. The molecule has 26 heavy (non-hydrogen) atoms. The topological polar surface area (TPSA) is 87.2 Å². The van der Waals surface area contributed by atoms with E-state index >= 15 is 0 Å². The number of rotatable bonds is 3. The van der Waals surface area contributed by atoms with Crippen LogP contribution in [0, 0.1) is 5.82 Å². The van der Waals surface area contributed by atoms with Gasteiger partial charge in [0, 0.05) is 27.1 Å². The fourth-order valence-electron chi connectivity index (χ4n) is 2.94. The number of carbonyl (C=O) groups excluding carboxylic acids is 2. The van der Waals surface area contributed by atoms with Crippen molar-refractivity contribution in [3.63, 3.8) is 0 Å². The molecule has 2 aliphatic rings. The van der Waals surface area contributed by atoms with Crippen molar-refractivity contribution in [3.05, 3.63) is 24.0 Å². The first kappa shape index (κ1) is 18.4. The fraction of sp³-hybridized carbons (Fsp3) is 0.500. The predicted molar refractivity (Wildman–Crippen MR) is 93.3 cm³/mol. The van der Waals surface area contributed by atoms with E-state index in [1.807, 2.05) is 0 Å². The van der Waals surface area contributed by atoms with Crippen LogP contribution in [0.2, 0.25) is 0 Å². The molecule has 2 amide bonds. The lowest BCUT2D eigenvalue weighted by Crippen LogP contribution is -2.40. The first-order valence-corrected chi connectivity index (χ1v) is 9.96. The molecule has 0 bridgehead atoms. The van der Waals surface area contributed by atoms with Gasteiger partial charge in [-0.25, -0.2) is 17.6 Å². The van der Waals surface area contributed by atoms with Crippen LogP contribution < -0.4 is 9.80 Å². The first-order valence-electron chi connectivity index (χ1n) is 8.14. The number of benzene rings is 1. The third-order valence-corrected chi connectivity index (χ3v) is 6.26. The molecule has 0 aliphatic carbocycles. The molecular weight excluding hydrogens is 365 g/mol. The molecule has 0 saturated carbocycles. The monoisotopic (exact) mass is 385 g/mol. The Morgan fingerprint density at radius 2 is 1.96 bits per heavy atom. The van der Waals surface area contributed by atoms with Gasteiger partial charge < -0.3 is 14.5 Å². The number of ether oxygens (including phenoxy) is 1. The van der Waals surface area contributed by atoms with Crippen LogP contribution in [0.25, 0.3) is 0 Å². The molecule has 2 heterocycles. The Balaban J connectivity index is 1.76. The lowest BCUT2D eigenvalue weighted by molar-refractivity contribution is -0.134. The van der Waals surface area contributed by atoms with E-state index in [0.717, 1.165) is 0 Å². The van der Waals surface area contributed by atoms with Crippen molar-refractivity contribution in [1.29, 1.82) is 0 Å². The highest BCUT2D eigenvalue weighted by molar-refractivity contribution is 7.91. The average Bonchev–Trinajstić information content (AvgIpc) is 2.96. The van der Waals surface area contributed by atoms with Gasteiger partial charge >= 0.3 is 6.09 Å². The molecule has 2 fully saturated rings. The van der Waals surface area contributed by atoms with Gasteiger partial charge in [0.15, 0.2) is 16.1 Å². The van der Waals surface area contributed by atoms with Crippen molar-refractivity contribution < 1.29 is 27.1 Å². The molecule has 1 unspecified atom stereocenters. The van der Waals surface area contributed by atoms with E-state index in [2.05, 4.69) is 0 Å². The minimum absolute atomic E-state index is 0.00823. The average molecular weight is 385 g/mol. The molecule has 3 rings (SSSR count). The van der Waals surface area contributed by atoms with E-state index in [1.165, 1.54) is 35.9 Å². The maximum atomic E-state index is 14.6. The van der Waals surface area contributed by atoms with Crippen LogP contribution in [0.4, 0.5) is 20.6 Å². The van der Waals surface area contributed by atoms with Gasteiger partial charge in [-0.1, -0.05) is 0 Å². The second-order valence-electron chi connectivity index (χ2n) is 6.35. The first-order chi connectivity index (χ1) is 12.2. The lowest BCUT2D eigenvalue weighted by atomic mass is 10.2. The van der Waals surface area contributed by atoms with Gasteiger partial charge in [-0.15, -0.1) is 0 Å². The predicted octanol–water partition coefficient (Wildman–Crippen LogP) is 0.822. The van der Waals surface area contributed by atoms with Gasteiger partial charge in [0.2, 0.25) is 5.91 Å². The number of carbonyl (C=O) groups is 2. The molecule has 10 heteroatoms. The van der Waals surface area contributed by atoms with Gasteiger partial charge in [-0.05, 0) is 18.2 Å². The van der Waals surface area contributed by atoms with E-state index in [-0.39, 0.29) is 37.0 Å².